The van der Waals surface area contributed by atoms with Gasteiger partial charge in [-0.05, 0) is 11.6 Å². The van der Waals surface area contributed by atoms with Crippen molar-refractivity contribution in [2.24, 2.45) is 0 Å². The molecule has 0 radical (unpaired) electrons. The van der Waals surface area contributed by atoms with Crippen LogP contribution in [-0.2, 0) is 14.3 Å². The third-order valence-electron chi connectivity index (χ3n) is 3.57. The molecule has 1 fully saturated rings. The maximum absolute atomic E-state index is 12.2. The number of carbonyl (C=O) groups excluding carboxylic acids is 1. The summed E-state index contributed by atoms with van der Waals surface area (Å²) in [5.74, 6) is -0.275. The topological polar surface area (TPSA) is 47.6 Å². The predicted octanol–water partition coefficient (Wildman–Crippen LogP) is 1.92. The van der Waals surface area contributed by atoms with Gasteiger partial charge in [-0.25, -0.2) is 0 Å². The molecule has 18 heavy (non-hydrogen) atoms. The van der Waals surface area contributed by atoms with Crippen LogP contribution in [0.4, 0.5) is 5.69 Å². The summed E-state index contributed by atoms with van der Waals surface area (Å²) in [5.41, 5.74) is 2.10. The number of esters is 1. The Labute approximate surface area is 106 Å². The SMILES string of the molecule is O=C(OC1CCOCC1)C1CNc2ccccc21. The van der Waals surface area contributed by atoms with Crippen LogP contribution in [0.2, 0.25) is 0 Å². The van der Waals surface area contributed by atoms with Crippen LogP contribution in [0.15, 0.2) is 24.3 Å². The minimum atomic E-state index is -0.163. The van der Waals surface area contributed by atoms with Crippen LogP contribution in [0.5, 0.6) is 0 Å². The van der Waals surface area contributed by atoms with Crippen molar-refractivity contribution < 1.29 is 14.3 Å². The Bertz CT molecular complexity index is 440. The van der Waals surface area contributed by atoms with Gasteiger partial charge in [-0.3, -0.25) is 4.79 Å². The Morgan fingerprint density at radius 1 is 1.28 bits per heavy atom. The molecule has 1 aromatic rings. The first kappa shape index (κ1) is 11.5. The molecule has 4 heteroatoms. The zero-order valence-corrected chi connectivity index (χ0v) is 10.2. The smallest absolute Gasteiger partial charge is 0.315 e. The van der Waals surface area contributed by atoms with Crippen molar-refractivity contribution in [1.82, 2.24) is 0 Å². The van der Waals surface area contributed by atoms with Gasteiger partial charge in [-0.15, -0.1) is 0 Å². The minimum Gasteiger partial charge on any atom is -0.462 e. The summed E-state index contributed by atoms with van der Waals surface area (Å²) in [5, 5.41) is 3.24. The molecule has 0 amide bonds. The number of rotatable bonds is 2. The summed E-state index contributed by atoms with van der Waals surface area (Å²) < 4.78 is 10.8. The molecule has 0 bridgehead atoms. The van der Waals surface area contributed by atoms with Crippen LogP contribution in [0.3, 0.4) is 0 Å². The van der Waals surface area contributed by atoms with Gasteiger partial charge in [-0.2, -0.15) is 0 Å². The number of anilines is 1. The van der Waals surface area contributed by atoms with Gasteiger partial charge in [-0.1, -0.05) is 18.2 Å². The van der Waals surface area contributed by atoms with E-state index in [4.69, 9.17) is 9.47 Å². The van der Waals surface area contributed by atoms with Gasteiger partial charge in [0, 0.05) is 25.1 Å². The lowest BCUT2D eigenvalue weighted by molar-refractivity contribution is -0.154. The van der Waals surface area contributed by atoms with E-state index in [1.807, 2.05) is 24.3 Å². The highest BCUT2D eigenvalue weighted by Gasteiger charge is 2.31. The summed E-state index contributed by atoms with van der Waals surface area (Å²) in [6.45, 7) is 2.02. The maximum Gasteiger partial charge on any atom is 0.315 e. The van der Waals surface area contributed by atoms with Crippen LogP contribution < -0.4 is 5.32 Å². The first-order valence-corrected chi connectivity index (χ1v) is 6.45. The van der Waals surface area contributed by atoms with Crippen LogP contribution in [0, 0.1) is 0 Å². The second-order valence-corrected chi connectivity index (χ2v) is 4.77. The van der Waals surface area contributed by atoms with Crippen LogP contribution in [0.1, 0.15) is 24.3 Å². The summed E-state index contributed by atoms with van der Waals surface area (Å²) in [6.07, 6.45) is 1.65. The number of nitrogens with one attached hydrogen (secondary N) is 1. The van der Waals surface area contributed by atoms with Gasteiger partial charge in [0.15, 0.2) is 0 Å². The van der Waals surface area contributed by atoms with Crippen molar-refractivity contribution in [3.63, 3.8) is 0 Å². The number of benzene rings is 1. The van der Waals surface area contributed by atoms with Gasteiger partial charge in [0.25, 0.3) is 0 Å². The molecule has 3 rings (SSSR count). The second-order valence-electron chi connectivity index (χ2n) is 4.77. The monoisotopic (exact) mass is 247 g/mol. The predicted molar refractivity (Wildman–Crippen MR) is 67.6 cm³/mol. The molecule has 0 saturated carbocycles. The van der Waals surface area contributed by atoms with E-state index in [2.05, 4.69) is 5.32 Å². The van der Waals surface area contributed by atoms with E-state index < -0.39 is 0 Å². The molecule has 0 aliphatic carbocycles. The molecule has 1 unspecified atom stereocenters. The molecular weight excluding hydrogens is 230 g/mol. The first-order chi connectivity index (χ1) is 8.84. The Kier molecular flexibility index (Phi) is 3.19. The number of fused-ring (bicyclic) bond motifs is 1. The quantitative estimate of drug-likeness (QED) is 0.811. The average molecular weight is 247 g/mol. The van der Waals surface area contributed by atoms with E-state index in [9.17, 15) is 4.79 Å². The Morgan fingerprint density at radius 3 is 2.89 bits per heavy atom. The van der Waals surface area contributed by atoms with Crippen molar-refractivity contribution in [3.05, 3.63) is 29.8 Å². The molecule has 1 N–H and O–H groups in total. The fourth-order valence-corrected chi connectivity index (χ4v) is 2.53. The summed E-state index contributed by atoms with van der Waals surface area (Å²) in [4.78, 5) is 12.2. The maximum atomic E-state index is 12.2. The number of hydrogen-bond acceptors (Lipinski definition) is 4. The van der Waals surface area contributed by atoms with E-state index in [0.717, 1.165) is 24.1 Å². The van der Waals surface area contributed by atoms with E-state index in [-0.39, 0.29) is 18.0 Å². The number of carbonyl (C=O) groups is 1. The van der Waals surface area contributed by atoms with Crippen molar-refractivity contribution in [3.8, 4) is 0 Å². The highest BCUT2D eigenvalue weighted by Crippen LogP contribution is 2.32. The third kappa shape index (κ3) is 2.20. The molecule has 1 aromatic carbocycles. The van der Waals surface area contributed by atoms with E-state index in [1.165, 1.54) is 0 Å². The van der Waals surface area contributed by atoms with Crippen molar-refractivity contribution >= 4 is 11.7 Å². The fraction of sp³-hybridized carbons (Fsp3) is 0.500. The van der Waals surface area contributed by atoms with Gasteiger partial charge >= 0.3 is 5.97 Å². The minimum absolute atomic E-state index is 0.0269. The van der Waals surface area contributed by atoms with Crippen molar-refractivity contribution in [1.29, 1.82) is 0 Å². The second kappa shape index (κ2) is 4.98. The first-order valence-electron chi connectivity index (χ1n) is 6.45. The standard InChI is InChI=1S/C14H17NO3/c16-14(18-10-5-7-17-8-6-10)12-9-15-13-4-2-1-3-11(12)13/h1-4,10,12,15H,5-9H2. The Balaban J connectivity index is 1.67. The Morgan fingerprint density at radius 2 is 2.06 bits per heavy atom. The third-order valence-corrected chi connectivity index (χ3v) is 3.57. The molecule has 0 spiro atoms. The van der Waals surface area contributed by atoms with E-state index in [1.54, 1.807) is 0 Å². The zero-order valence-electron chi connectivity index (χ0n) is 10.2. The van der Waals surface area contributed by atoms with Crippen LogP contribution in [0.25, 0.3) is 0 Å². The Hall–Kier alpha value is -1.55. The van der Waals surface area contributed by atoms with E-state index >= 15 is 0 Å². The van der Waals surface area contributed by atoms with Gasteiger partial charge in [0.05, 0.1) is 13.2 Å². The summed E-state index contributed by atoms with van der Waals surface area (Å²) in [7, 11) is 0. The van der Waals surface area contributed by atoms with Gasteiger partial charge < -0.3 is 14.8 Å². The van der Waals surface area contributed by atoms with Crippen LogP contribution in [-0.4, -0.2) is 31.8 Å². The highest BCUT2D eigenvalue weighted by molar-refractivity contribution is 5.84. The average Bonchev–Trinajstić information content (AvgIpc) is 2.84. The molecule has 1 saturated heterocycles. The van der Waals surface area contributed by atoms with Crippen molar-refractivity contribution in [2.75, 3.05) is 25.1 Å². The normalized spacial score (nSPS) is 23.2. The zero-order chi connectivity index (χ0) is 12.4. The lowest BCUT2D eigenvalue weighted by Crippen LogP contribution is -2.29. The lowest BCUT2D eigenvalue weighted by atomic mass is 10.0. The molecule has 0 aromatic heterocycles. The lowest BCUT2D eigenvalue weighted by Gasteiger charge is -2.23. The van der Waals surface area contributed by atoms with Gasteiger partial charge in [0.1, 0.15) is 12.0 Å². The molecule has 2 aliphatic rings. The molecule has 2 aliphatic heterocycles. The summed E-state index contributed by atoms with van der Waals surface area (Å²) >= 11 is 0. The number of ether oxygens (including phenoxy) is 2. The van der Waals surface area contributed by atoms with Crippen LogP contribution >= 0.6 is 0 Å². The fourth-order valence-electron chi connectivity index (χ4n) is 2.53. The molecule has 4 nitrogen and oxygen atoms in total. The molecule has 1 atom stereocenters. The number of para-hydroxylation sites is 1. The largest absolute Gasteiger partial charge is 0.462 e. The number of hydrogen-bond donors (Lipinski definition) is 1. The van der Waals surface area contributed by atoms with Gasteiger partial charge in [0.2, 0.25) is 0 Å². The molecular formula is C14H17NO3. The molecule has 2 heterocycles. The van der Waals surface area contributed by atoms with E-state index in [0.29, 0.717) is 19.8 Å². The highest BCUT2D eigenvalue weighted by atomic mass is 16.6. The van der Waals surface area contributed by atoms with Crippen molar-refractivity contribution in [2.45, 2.75) is 24.9 Å². The summed E-state index contributed by atoms with van der Waals surface area (Å²) in [6, 6.07) is 7.92. The molecule has 96 valence electrons.